The van der Waals surface area contributed by atoms with Gasteiger partial charge in [0.15, 0.2) is 5.82 Å². The van der Waals surface area contributed by atoms with Crippen LogP contribution in [0.15, 0.2) is 59.1 Å². The Kier molecular flexibility index (Phi) is 5.89. The van der Waals surface area contributed by atoms with E-state index in [1.54, 1.807) is 12.1 Å². The highest BCUT2D eigenvalue weighted by Crippen LogP contribution is 2.57. The number of carboxylic acid groups (broad SMARTS) is 1. The smallest absolute Gasteiger partial charge is 0.335 e. The van der Waals surface area contributed by atoms with Gasteiger partial charge in [0.25, 0.3) is 0 Å². The Morgan fingerprint density at radius 3 is 2.45 bits per heavy atom. The second-order valence-corrected chi connectivity index (χ2v) is 12.4. The summed E-state index contributed by atoms with van der Waals surface area (Å²) in [7, 11) is 0. The third kappa shape index (κ3) is 4.67. The number of hydrogen-bond acceptors (Lipinski definition) is 6. The standard InChI is InChI=1S/C31H36N4O3/c36-28(37)23-8-6-21(7-9-23)19-35-14-12-30(13-15-35)17-24(18-30)27-33-29(34-38-27)31(10-11-31)20-32-26-16-25(26)22-4-2-1-3-5-22/h1-9,24-26,32H,10-20H2,(H,36,37)/t25-,26+/m1/s1. The summed E-state index contributed by atoms with van der Waals surface area (Å²) in [6.45, 7) is 4.00. The van der Waals surface area contributed by atoms with E-state index in [0.29, 0.717) is 28.9 Å². The van der Waals surface area contributed by atoms with Crippen molar-refractivity contribution in [2.75, 3.05) is 19.6 Å². The molecule has 1 saturated heterocycles. The zero-order chi connectivity index (χ0) is 25.7. The number of aromatic nitrogens is 2. The van der Waals surface area contributed by atoms with Crippen LogP contribution in [0, 0.1) is 5.41 Å². The SMILES string of the molecule is O=C(O)c1ccc(CN2CCC3(CC2)CC(c2nc(C4(CN[C@H]5C[C@@H]5c5ccccc5)CC4)no2)C3)cc1. The summed E-state index contributed by atoms with van der Waals surface area (Å²) in [6.07, 6.45) is 8.22. The van der Waals surface area contributed by atoms with E-state index in [-0.39, 0.29) is 5.41 Å². The number of rotatable bonds is 9. The summed E-state index contributed by atoms with van der Waals surface area (Å²) in [5, 5.41) is 17.4. The van der Waals surface area contributed by atoms with Crippen LogP contribution in [-0.2, 0) is 12.0 Å². The molecule has 7 heteroatoms. The number of benzene rings is 2. The Morgan fingerprint density at radius 1 is 1.03 bits per heavy atom. The molecule has 3 aromatic rings. The normalized spacial score (nSPS) is 25.7. The minimum atomic E-state index is -0.872. The largest absolute Gasteiger partial charge is 0.478 e. The fourth-order valence-electron chi connectivity index (χ4n) is 6.83. The van der Waals surface area contributed by atoms with Crippen molar-refractivity contribution < 1.29 is 14.4 Å². The number of nitrogens with zero attached hydrogens (tertiary/aromatic N) is 3. The van der Waals surface area contributed by atoms with Gasteiger partial charge >= 0.3 is 5.97 Å². The maximum atomic E-state index is 11.1. The van der Waals surface area contributed by atoms with Gasteiger partial charge in [-0.15, -0.1) is 0 Å². The molecule has 2 aromatic carbocycles. The molecule has 7 nitrogen and oxygen atoms in total. The van der Waals surface area contributed by atoms with Crippen molar-refractivity contribution in [3.63, 3.8) is 0 Å². The monoisotopic (exact) mass is 512 g/mol. The van der Waals surface area contributed by atoms with E-state index < -0.39 is 5.97 Å². The molecule has 3 aliphatic carbocycles. The first-order valence-corrected chi connectivity index (χ1v) is 14.2. The molecule has 2 atom stereocenters. The van der Waals surface area contributed by atoms with Crippen molar-refractivity contribution in [2.24, 2.45) is 5.41 Å². The van der Waals surface area contributed by atoms with Crippen molar-refractivity contribution in [1.82, 2.24) is 20.4 Å². The Balaban J connectivity index is 0.883. The van der Waals surface area contributed by atoms with E-state index in [9.17, 15) is 4.79 Å². The van der Waals surface area contributed by atoms with Gasteiger partial charge in [-0.05, 0) is 86.7 Å². The first kappa shape index (κ1) is 24.0. The predicted octanol–water partition coefficient (Wildman–Crippen LogP) is 5.10. The van der Waals surface area contributed by atoms with Gasteiger partial charge in [0.2, 0.25) is 5.89 Å². The van der Waals surface area contributed by atoms with Gasteiger partial charge in [0, 0.05) is 36.4 Å². The van der Waals surface area contributed by atoms with E-state index in [1.165, 1.54) is 30.4 Å². The Labute approximate surface area is 223 Å². The first-order valence-electron chi connectivity index (χ1n) is 14.2. The fraction of sp³-hybridized carbons (Fsp3) is 0.516. The molecule has 7 rings (SSSR count). The van der Waals surface area contributed by atoms with E-state index in [4.69, 9.17) is 14.6 Å². The number of nitrogens with one attached hydrogen (secondary N) is 1. The van der Waals surface area contributed by atoms with Crippen LogP contribution >= 0.6 is 0 Å². The summed E-state index contributed by atoms with van der Waals surface area (Å²) >= 11 is 0. The molecular weight excluding hydrogens is 476 g/mol. The van der Waals surface area contributed by atoms with E-state index in [1.807, 2.05) is 12.1 Å². The minimum absolute atomic E-state index is 0.0705. The van der Waals surface area contributed by atoms with Crippen LogP contribution in [0.4, 0.5) is 0 Å². The van der Waals surface area contributed by atoms with Crippen molar-refractivity contribution >= 4 is 5.97 Å². The van der Waals surface area contributed by atoms with Crippen LogP contribution in [0.5, 0.6) is 0 Å². The molecule has 0 amide bonds. The average Bonchev–Trinajstić information content (AvgIpc) is 3.84. The van der Waals surface area contributed by atoms with E-state index in [0.717, 1.165) is 63.6 Å². The Morgan fingerprint density at radius 2 is 1.76 bits per heavy atom. The van der Waals surface area contributed by atoms with E-state index in [2.05, 4.69) is 45.7 Å². The van der Waals surface area contributed by atoms with Crippen molar-refractivity contribution in [3.05, 3.63) is 83.0 Å². The first-order chi connectivity index (χ1) is 18.5. The van der Waals surface area contributed by atoms with Gasteiger partial charge in [-0.1, -0.05) is 47.6 Å². The summed E-state index contributed by atoms with van der Waals surface area (Å²) in [4.78, 5) is 18.5. The molecule has 1 aliphatic heterocycles. The number of carboxylic acids is 1. The van der Waals surface area contributed by atoms with Crippen molar-refractivity contribution in [2.45, 2.75) is 74.8 Å². The van der Waals surface area contributed by atoms with Gasteiger partial charge < -0.3 is 14.9 Å². The summed E-state index contributed by atoms with van der Waals surface area (Å²) < 4.78 is 5.83. The number of hydrogen-bond donors (Lipinski definition) is 2. The molecule has 3 saturated carbocycles. The van der Waals surface area contributed by atoms with Gasteiger partial charge in [-0.2, -0.15) is 4.98 Å². The lowest BCUT2D eigenvalue weighted by Gasteiger charge is -2.51. The second kappa shape index (κ2) is 9.31. The molecule has 0 radical (unpaired) electrons. The molecule has 1 aromatic heterocycles. The topological polar surface area (TPSA) is 91.5 Å². The lowest BCUT2D eigenvalue weighted by Crippen LogP contribution is -2.46. The molecule has 2 heterocycles. The molecule has 2 N–H and O–H groups in total. The summed E-state index contributed by atoms with van der Waals surface area (Å²) in [5.41, 5.74) is 3.45. The van der Waals surface area contributed by atoms with Crippen LogP contribution in [-0.4, -0.2) is 51.8 Å². The van der Waals surface area contributed by atoms with Gasteiger partial charge in [-0.25, -0.2) is 4.79 Å². The molecular formula is C31H36N4O3. The fourth-order valence-corrected chi connectivity index (χ4v) is 6.83. The molecule has 38 heavy (non-hydrogen) atoms. The molecule has 1 spiro atoms. The van der Waals surface area contributed by atoms with Crippen LogP contribution in [0.2, 0.25) is 0 Å². The molecule has 0 unspecified atom stereocenters. The lowest BCUT2D eigenvalue weighted by molar-refractivity contribution is 0.00406. The quantitative estimate of drug-likeness (QED) is 0.412. The van der Waals surface area contributed by atoms with Crippen LogP contribution in [0.25, 0.3) is 0 Å². The number of piperidine rings is 1. The highest BCUT2D eigenvalue weighted by molar-refractivity contribution is 5.87. The number of carbonyl (C=O) groups is 1. The molecule has 4 aliphatic rings. The lowest BCUT2D eigenvalue weighted by atomic mass is 9.57. The van der Waals surface area contributed by atoms with Gasteiger partial charge in [-0.3, -0.25) is 4.90 Å². The number of likely N-dealkylation sites (tertiary alicyclic amines) is 1. The van der Waals surface area contributed by atoms with E-state index >= 15 is 0 Å². The third-order valence-electron chi connectivity index (χ3n) is 9.72. The number of aromatic carboxylic acids is 1. The van der Waals surface area contributed by atoms with Gasteiger partial charge in [0.1, 0.15) is 0 Å². The van der Waals surface area contributed by atoms with Crippen molar-refractivity contribution in [1.29, 1.82) is 0 Å². The summed E-state index contributed by atoms with van der Waals surface area (Å²) in [5.74, 6) is 1.94. The van der Waals surface area contributed by atoms with Gasteiger partial charge in [0.05, 0.1) is 5.56 Å². The highest BCUT2D eigenvalue weighted by atomic mass is 16.5. The molecule has 198 valence electrons. The Hall–Kier alpha value is -3.03. The van der Waals surface area contributed by atoms with Crippen LogP contribution < -0.4 is 5.32 Å². The zero-order valence-electron chi connectivity index (χ0n) is 21.8. The third-order valence-corrected chi connectivity index (χ3v) is 9.72. The Bertz CT molecular complexity index is 1280. The zero-order valence-corrected chi connectivity index (χ0v) is 21.8. The highest BCUT2D eigenvalue weighted by Gasteiger charge is 2.52. The summed E-state index contributed by atoms with van der Waals surface area (Å²) in [6, 6.07) is 18.7. The van der Waals surface area contributed by atoms with Crippen molar-refractivity contribution in [3.8, 4) is 0 Å². The minimum Gasteiger partial charge on any atom is -0.478 e. The maximum Gasteiger partial charge on any atom is 0.335 e. The maximum absolute atomic E-state index is 11.1. The predicted molar refractivity (Wildman–Crippen MR) is 143 cm³/mol. The molecule has 0 bridgehead atoms. The second-order valence-electron chi connectivity index (χ2n) is 12.4. The average molecular weight is 513 g/mol. The van der Waals surface area contributed by atoms with Crippen LogP contribution in [0.1, 0.15) is 90.0 Å². The van der Waals surface area contributed by atoms with Crippen LogP contribution in [0.3, 0.4) is 0 Å². The molecule has 4 fully saturated rings.